The quantitative estimate of drug-likeness (QED) is 0.0577. The largest absolute Gasteiger partial charge is 0.313 e. The first-order valence-electron chi connectivity index (χ1n) is 20.1. The molecule has 254 valence electrons. The van der Waals surface area contributed by atoms with E-state index in [2.05, 4.69) is 27.7 Å². The van der Waals surface area contributed by atoms with Crippen molar-refractivity contribution >= 4 is 0 Å². The number of hydroxylamine groups is 2. The lowest BCUT2D eigenvalue weighted by molar-refractivity contribution is -0.171. The van der Waals surface area contributed by atoms with Crippen LogP contribution >= 0.6 is 0 Å². The Bertz CT molecular complexity index is 456. The van der Waals surface area contributed by atoms with Crippen molar-refractivity contribution < 1.29 is 5.21 Å². The van der Waals surface area contributed by atoms with Gasteiger partial charge in [0.2, 0.25) is 0 Å². The summed E-state index contributed by atoms with van der Waals surface area (Å²) >= 11 is 0. The van der Waals surface area contributed by atoms with Gasteiger partial charge in [-0.25, -0.2) is 0 Å². The number of unbranched alkanes of at least 4 members (excludes halogenated alkanes) is 30. The first-order valence-corrected chi connectivity index (χ1v) is 20.1. The predicted octanol–water partition coefficient (Wildman–Crippen LogP) is 14.8. The maximum absolute atomic E-state index is 10.7. The molecule has 2 nitrogen and oxygen atoms in total. The first-order chi connectivity index (χ1) is 20.6. The Morgan fingerprint density at radius 2 is 0.524 bits per heavy atom. The SMILES string of the molecule is CCCCCCCCCCCCCCCCCCC(C)(CCCCCCCCCCCCCCCCCC)N(O)CC. The van der Waals surface area contributed by atoms with Crippen LogP contribution in [-0.2, 0) is 0 Å². The summed E-state index contributed by atoms with van der Waals surface area (Å²) < 4.78 is 0. The van der Waals surface area contributed by atoms with Crippen LogP contribution in [0, 0.1) is 0 Å². The van der Waals surface area contributed by atoms with E-state index in [0.717, 1.165) is 19.4 Å². The molecule has 0 rings (SSSR count). The summed E-state index contributed by atoms with van der Waals surface area (Å²) in [5.74, 6) is 0. The molecule has 0 atom stereocenters. The van der Waals surface area contributed by atoms with Crippen molar-refractivity contribution in [1.82, 2.24) is 5.06 Å². The normalized spacial score (nSPS) is 12.1. The molecule has 0 aliphatic carbocycles. The van der Waals surface area contributed by atoms with E-state index in [-0.39, 0.29) is 5.54 Å². The van der Waals surface area contributed by atoms with Gasteiger partial charge in [0, 0.05) is 12.1 Å². The van der Waals surface area contributed by atoms with Crippen LogP contribution in [0.25, 0.3) is 0 Å². The average Bonchev–Trinajstić information content (AvgIpc) is 3.00. The van der Waals surface area contributed by atoms with E-state index < -0.39 is 0 Å². The van der Waals surface area contributed by atoms with E-state index in [9.17, 15) is 5.21 Å². The summed E-state index contributed by atoms with van der Waals surface area (Å²) in [7, 11) is 0. The van der Waals surface area contributed by atoms with Gasteiger partial charge < -0.3 is 5.21 Å². The van der Waals surface area contributed by atoms with Crippen LogP contribution in [0.3, 0.4) is 0 Å². The lowest BCUT2D eigenvalue weighted by Crippen LogP contribution is -2.44. The van der Waals surface area contributed by atoms with Crippen molar-refractivity contribution in [3.63, 3.8) is 0 Å². The lowest BCUT2D eigenvalue weighted by Gasteiger charge is -2.37. The van der Waals surface area contributed by atoms with E-state index in [1.54, 1.807) is 5.06 Å². The van der Waals surface area contributed by atoms with E-state index >= 15 is 0 Å². The molecule has 0 aliphatic heterocycles. The Morgan fingerprint density at radius 3 is 0.714 bits per heavy atom. The van der Waals surface area contributed by atoms with Crippen molar-refractivity contribution in [3.05, 3.63) is 0 Å². The zero-order chi connectivity index (χ0) is 30.8. The molecule has 0 saturated carbocycles. The molecule has 1 N–H and O–H groups in total. The summed E-state index contributed by atoms with van der Waals surface area (Å²) in [5, 5.41) is 12.3. The van der Waals surface area contributed by atoms with Crippen molar-refractivity contribution in [2.24, 2.45) is 0 Å². The molecule has 0 saturated heterocycles. The van der Waals surface area contributed by atoms with Crippen LogP contribution in [-0.4, -0.2) is 22.4 Å². The van der Waals surface area contributed by atoms with Gasteiger partial charge in [-0.1, -0.05) is 226 Å². The molecule has 0 bridgehead atoms. The van der Waals surface area contributed by atoms with Crippen LogP contribution in [0.4, 0.5) is 0 Å². The summed E-state index contributed by atoms with van der Waals surface area (Å²) in [6.45, 7) is 9.76. The van der Waals surface area contributed by atoms with Crippen LogP contribution in [0.5, 0.6) is 0 Å². The highest BCUT2D eigenvalue weighted by Gasteiger charge is 2.28. The van der Waals surface area contributed by atoms with Gasteiger partial charge in [0.05, 0.1) is 0 Å². The van der Waals surface area contributed by atoms with Crippen molar-refractivity contribution in [1.29, 1.82) is 0 Å². The van der Waals surface area contributed by atoms with Gasteiger partial charge in [0.1, 0.15) is 0 Å². The fourth-order valence-corrected chi connectivity index (χ4v) is 6.87. The minimum absolute atomic E-state index is 0.0270. The van der Waals surface area contributed by atoms with Crippen LogP contribution in [0.1, 0.15) is 246 Å². The Hall–Kier alpha value is -0.0800. The lowest BCUT2D eigenvalue weighted by atomic mass is 9.87. The van der Waals surface area contributed by atoms with Crippen LogP contribution in [0.2, 0.25) is 0 Å². The van der Waals surface area contributed by atoms with Gasteiger partial charge in [-0.05, 0) is 19.8 Å². The second-order valence-electron chi connectivity index (χ2n) is 14.3. The number of hydrogen-bond donors (Lipinski definition) is 1. The third-order valence-corrected chi connectivity index (χ3v) is 10.1. The zero-order valence-electron chi connectivity index (χ0n) is 30.1. The predicted molar refractivity (Wildman–Crippen MR) is 191 cm³/mol. The molecule has 0 fully saturated rings. The number of nitrogens with zero attached hydrogens (tertiary/aromatic N) is 1. The highest BCUT2D eigenvalue weighted by molar-refractivity contribution is 4.81. The Balaban J connectivity index is 3.61. The number of hydrogen-bond acceptors (Lipinski definition) is 2. The summed E-state index contributed by atoms with van der Waals surface area (Å²) in [4.78, 5) is 0. The summed E-state index contributed by atoms with van der Waals surface area (Å²) in [6.07, 6.45) is 47.7. The van der Waals surface area contributed by atoms with Gasteiger partial charge in [0.25, 0.3) is 0 Å². The van der Waals surface area contributed by atoms with Gasteiger partial charge in [-0.15, -0.1) is 0 Å². The molecule has 0 aromatic carbocycles. The second-order valence-corrected chi connectivity index (χ2v) is 14.3. The van der Waals surface area contributed by atoms with E-state index in [4.69, 9.17) is 0 Å². The Labute approximate surface area is 267 Å². The smallest absolute Gasteiger partial charge is 0.0432 e. The van der Waals surface area contributed by atoms with Crippen LogP contribution in [0.15, 0.2) is 0 Å². The Kier molecular flexibility index (Phi) is 33.7. The topological polar surface area (TPSA) is 23.5 Å². The maximum Gasteiger partial charge on any atom is 0.0432 e. The molecule has 0 heterocycles. The molecular weight excluding hydrogens is 510 g/mol. The first kappa shape index (κ1) is 41.9. The molecule has 0 radical (unpaired) electrons. The van der Waals surface area contributed by atoms with Crippen molar-refractivity contribution in [3.8, 4) is 0 Å². The molecule has 0 aromatic heterocycles. The highest BCUT2D eigenvalue weighted by Crippen LogP contribution is 2.28. The van der Waals surface area contributed by atoms with Gasteiger partial charge in [-0.3, -0.25) is 0 Å². The summed E-state index contributed by atoms with van der Waals surface area (Å²) in [6, 6.07) is 0. The molecule has 42 heavy (non-hydrogen) atoms. The maximum atomic E-state index is 10.7. The Morgan fingerprint density at radius 1 is 0.333 bits per heavy atom. The van der Waals surface area contributed by atoms with Gasteiger partial charge in [-0.2, -0.15) is 5.06 Å². The molecule has 0 unspecified atom stereocenters. The number of rotatable bonds is 36. The summed E-state index contributed by atoms with van der Waals surface area (Å²) in [5.41, 5.74) is -0.0270. The molecule has 2 heteroatoms. The third kappa shape index (κ3) is 28.7. The standard InChI is InChI=1S/C40H83NO/c1-5-8-10-12-14-16-18-20-22-24-26-28-30-32-34-36-38-40(4,41(42)7-3)39-37-35-33-31-29-27-25-23-21-19-17-15-13-11-9-6-2/h42H,5-39H2,1-4H3. The molecule has 0 spiro atoms. The molecule has 0 aliphatic rings. The van der Waals surface area contributed by atoms with E-state index in [1.807, 2.05) is 0 Å². The monoisotopic (exact) mass is 594 g/mol. The van der Waals surface area contributed by atoms with Crippen molar-refractivity contribution in [2.75, 3.05) is 6.54 Å². The minimum atomic E-state index is -0.0270. The fraction of sp³-hybridized carbons (Fsp3) is 1.00. The molecule has 0 aromatic rings. The van der Waals surface area contributed by atoms with E-state index in [0.29, 0.717) is 0 Å². The van der Waals surface area contributed by atoms with Gasteiger partial charge in [0.15, 0.2) is 0 Å². The zero-order valence-corrected chi connectivity index (χ0v) is 30.1. The highest BCUT2D eigenvalue weighted by atomic mass is 16.5. The third-order valence-electron chi connectivity index (χ3n) is 10.1. The van der Waals surface area contributed by atoms with Crippen LogP contribution < -0.4 is 0 Å². The van der Waals surface area contributed by atoms with Crippen molar-refractivity contribution in [2.45, 2.75) is 252 Å². The van der Waals surface area contributed by atoms with Gasteiger partial charge >= 0.3 is 0 Å². The minimum Gasteiger partial charge on any atom is -0.313 e. The second kappa shape index (κ2) is 33.8. The molecular formula is C40H83NO. The average molecular weight is 594 g/mol. The fourth-order valence-electron chi connectivity index (χ4n) is 6.87. The molecule has 0 amide bonds. The van der Waals surface area contributed by atoms with E-state index in [1.165, 1.54) is 205 Å².